The molecule has 1 amide bonds. The van der Waals surface area contributed by atoms with Gasteiger partial charge < -0.3 is 10.6 Å². The molecule has 0 aromatic rings. The Labute approximate surface area is 65.2 Å². The summed E-state index contributed by atoms with van der Waals surface area (Å²) in [5.74, 6) is -1.58. The number of rotatable bonds is 1. The Kier molecular flexibility index (Phi) is 1.73. The summed E-state index contributed by atoms with van der Waals surface area (Å²) in [6.45, 7) is 0. The number of nitrogens with zero attached hydrogens (tertiary/aromatic N) is 1. The molecule has 68 valence electrons. The van der Waals surface area contributed by atoms with E-state index in [4.69, 9.17) is 0 Å². The lowest BCUT2D eigenvalue weighted by molar-refractivity contribution is -0.257. The Morgan fingerprint density at radius 3 is 2.42 bits per heavy atom. The van der Waals surface area contributed by atoms with Gasteiger partial charge >= 0.3 is 11.8 Å². The summed E-state index contributed by atoms with van der Waals surface area (Å²) < 4.78 is 36.5. The normalized spacial score (nSPS) is 28.6. The maximum absolute atomic E-state index is 12.2. The number of halogens is 3. The molecule has 0 fully saturated rings. The van der Waals surface area contributed by atoms with Crippen LogP contribution in [-0.2, 0) is 9.63 Å². The summed E-state index contributed by atoms with van der Waals surface area (Å²) in [5, 5.41) is 2.88. The topological polar surface area (TPSA) is 64.7 Å². The van der Waals surface area contributed by atoms with Crippen LogP contribution in [-0.4, -0.2) is 23.9 Å². The van der Waals surface area contributed by atoms with E-state index in [2.05, 4.69) is 15.7 Å². The molecule has 0 spiro atoms. The Morgan fingerprint density at radius 2 is 2.25 bits per heavy atom. The van der Waals surface area contributed by atoms with Gasteiger partial charge in [-0.05, 0) is 0 Å². The molecule has 0 aromatic carbocycles. The fourth-order valence-electron chi connectivity index (χ4n) is 0.783. The first-order valence-corrected chi connectivity index (χ1v) is 2.97. The van der Waals surface area contributed by atoms with Gasteiger partial charge in [-0.15, -0.1) is 0 Å². The average Bonchev–Trinajstić information content (AvgIpc) is 2.31. The zero-order valence-corrected chi connectivity index (χ0v) is 5.76. The van der Waals surface area contributed by atoms with Crippen molar-refractivity contribution in [2.45, 2.75) is 18.2 Å². The largest absolute Gasteiger partial charge is 0.440 e. The Balaban J connectivity index is 2.97. The molecule has 7 heteroatoms. The van der Waals surface area contributed by atoms with Gasteiger partial charge in [-0.1, -0.05) is 5.16 Å². The predicted molar refractivity (Wildman–Crippen MR) is 32.2 cm³/mol. The van der Waals surface area contributed by atoms with Crippen LogP contribution in [0.5, 0.6) is 0 Å². The van der Waals surface area contributed by atoms with Gasteiger partial charge in [0.2, 0.25) is 0 Å². The standard InChI is InChI=1S/C5H5F3N2O2/c6-5(7,8)4(3(9)11)1-2-10-12-4/h2H,1H2,(H2,9,11). The lowest BCUT2D eigenvalue weighted by Gasteiger charge is -2.24. The maximum Gasteiger partial charge on any atom is 0.440 e. The van der Waals surface area contributed by atoms with Crippen molar-refractivity contribution >= 4 is 12.1 Å². The summed E-state index contributed by atoms with van der Waals surface area (Å²) in [6.07, 6.45) is -4.63. The second-order valence-corrected chi connectivity index (χ2v) is 2.27. The fourth-order valence-corrected chi connectivity index (χ4v) is 0.783. The van der Waals surface area contributed by atoms with E-state index in [1.807, 2.05) is 0 Å². The molecule has 0 aromatic heterocycles. The third kappa shape index (κ3) is 1.01. The monoisotopic (exact) mass is 182 g/mol. The van der Waals surface area contributed by atoms with Gasteiger partial charge in [0.25, 0.3) is 5.91 Å². The molecule has 0 radical (unpaired) electrons. The van der Waals surface area contributed by atoms with Gasteiger partial charge in [-0.3, -0.25) is 4.79 Å². The summed E-state index contributed by atoms with van der Waals surface area (Å²) in [4.78, 5) is 14.4. The van der Waals surface area contributed by atoms with E-state index in [-0.39, 0.29) is 0 Å². The number of primary amides is 1. The number of nitrogens with two attached hydrogens (primary N) is 1. The first kappa shape index (κ1) is 8.82. The summed E-state index contributed by atoms with van der Waals surface area (Å²) in [5.41, 5.74) is 1.60. The van der Waals surface area contributed by atoms with Gasteiger partial charge in [-0.25, -0.2) is 0 Å². The van der Waals surface area contributed by atoms with E-state index in [0.29, 0.717) is 0 Å². The summed E-state index contributed by atoms with van der Waals surface area (Å²) in [7, 11) is 0. The molecule has 1 unspecified atom stereocenters. The van der Waals surface area contributed by atoms with Crippen molar-refractivity contribution in [2.75, 3.05) is 0 Å². The van der Waals surface area contributed by atoms with E-state index in [1.165, 1.54) is 0 Å². The van der Waals surface area contributed by atoms with E-state index in [0.717, 1.165) is 6.21 Å². The van der Waals surface area contributed by atoms with Crippen LogP contribution in [0.25, 0.3) is 0 Å². The Hall–Kier alpha value is -1.27. The van der Waals surface area contributed by atoms with Crippen LogP contribution in [0.4, 0.5) is 13.2 Å². The van der Waals surface area contributed by atoms with Crippen molar-refractivity contribution in [3.05, 3.63) is 0 Å². The molecule has 12 heavy (non-hydrogen) atoms. The van der Waals surface area contributed by atoms with Gasteiger partial charge in [-0.2, -0.15) is 13.2 Å². The molecule has 0 saturated carbocycles. The SMILES string of the molecule is NC(=O)C1(C(F)(F)F)CC=NO1. The molecule has 2 N–H and O–H groups in total. The third-order valence-electron chi connectivity index (χ3n) is 1.52. The molecule has 1 heterocycles. The van der Waals surface area contributed by atoms with Gasteiger partial charge in [0, 0.05) is 12.6 Å². The molecule has 1 aliphatic heterocycles. The number of hydrogen-bond acceptors (Lipinski definition) is 3. The minimum atomic E-state index is -4.82. The van der Waals surface area contributed by atoms with Crippen molar-refractivity contribution < 1.29 is 22.8 Å². The summed E-state index contributed by atoms with van der Waals surface area (Å²) >= 11 is 0. The molecule has 0 aliphatic carbocycles. The van der Waals surface area contributed by atoms with Crippen molar-refractivity contribution in [1.29, 1.82) is 0 Å². The number of oxime groups is 1. The highest BCUT2D eigenvalue weighted by molar-refractivity contribution is 5.88. The molecule has 1 aliphatic rings. The highest BCUT2D eigenvalue weighted by atomic mass is 19.4. The first-order valence-electron chi connectivity index (χ1n) is 2.97. The first-order chi connectivity index (χ1) is 5.40. The molecule has 1 rings (SSSR count). The van der Waals surface area contributed by atoms with Crippen LogP contribution in [0.2, 0.25) is 0 Å². The van der Waals surface area contributed by atoms with Crippen LogP contribution in [0.3, 0.4) is 0 Å². The maximum atomic E-state index is 12.2. The summed E-state index contributed by atoms with van der Waals surface area (Å²) in [6, 6.07) is 0. The van der Waals surface area contributed by atoms with Gasteiger partial charge in [0.15, 0.2) is 0 Å². The molecule has 4 nitrogen and oxygen atoms in total. The van der Waals surface area contributed by atoms with Crippen molar-refractivity contribution in [1.82, 2.24) is 0 Å². The van der Waals surface area contributed by atoms with Crippen molar-refractivity contribution in [3.8, 4) is 0 Å². The fraction of sp³-hybridized carbons (Fsp3) is 0.600. The highest BCUT2D eigenvalue weighted by Gasteiger charge is 2.64. The van der Waals surface area contributed by atoms with E-state index in [9.17, 15) is 18.0 Å². The van der Waals surface area contributed by atoms with E-state index in [1.54, 1.807) is 0 Å². The third-order valence-corrected chi connectivity index (χ3v) is 1.52. The lowest BCUT2D eigenvalue weighted by atomic mass is 10.00. The molecular weight excluding hydrogens is 177 g/mol. The van der Waals surface area contributed by atoms with Gasteiger partial charge in [0.05, 0.1) is 0 Å². The van der Waals surface area contributed by atoms with Crippen LogP contribution in [0.15, 0.2) is 5.16 Å². The predicted octanol–water partition coefficient (Wildman–Crippen LogP) is 0.179. The Morgan fingerprint density at radius 1 is 1.67 bits per heavy atom. The van der Waals surface area contributed by atoms with Gasteiger partial charge in [0.1, 0.15) is 0 Å². The minimum absolute atomic E-state index is 0.661. The molecule has 0 saturated heterocycles. The zero-order chi connectivity index (χ0) is 9.41. The smallest absolute Gasteiger partial charge is 0.369 e. The quantitative estimate of drug-likeness (QED) is 0.628. The molecular formula is C5H5F3N2O2. The van der Waals surface area contributed by atoms with E-state index < -0.39 is 24.1 Å². The van der Waals surface area contributed by atoms with Crippen LogP contribution in [0, 0.1) is 0 Å². The molecule has 1 atom stereocenters. The van der Waals surface area contributed by atoms with Crippen molar-refractivity contribution in [2.24, 2.45) is 10.9 Å². The number of amides is 1. The molecule has 0 bridgehead atoms. The van der Waals surface area contributed by atoms with Crippen LogP contribution in [0.1, 0.15) is 6.42 Å². The van der Waals surface area contributed by atoms with Crippen LogP contribution >= 0.6 is 0 Å². The number of alkyl halides is 3. The lowest BCUT2D eigenvalue weighted by Crippen LogP contribution is -2.55. The van der Waals surface area contributed by atoms with E-state index >= 15 is 0 Å². The second kappa shape index (κ2) is 2.36. The van der Waals surface area contributed by atoms with Crippen LogP contribution < -0.4 is 5.73 Å². The highest BCUT2D eigenvalue weighted by Crippen LogP contribution is 2.38. The number of carbonyl (C=O) groups excluding carboxylic acids is 1. The Bertz CT molecular complexity index is 227. The number of carbonyl (C=O) groups is 1. The van der Waals surface area contributed by atoms with Crippen molar-refractivity contribution in [3.63, 3.8) is 0 Å². The average molecular weight is 182 g/mol. The number of hydrogen-bond donors (Lipinski definition) is 1. The second-order valence-electron chi connectivity index (χ2n) is 2.27. The minimum Gasteiger partial charge on any atom is -0.369 e. The zero-order valence-electron chi connectivity index (χ0n) is 5.76.